The zero-order valence-electron chi connectivity index (χ0n) is 9.63. The van der Waals surface area contributed by atoms with Crippen LogP contribution in [0.25, 0.3) is 0 Å². The molecule has 84 valence electrons. The third-order valence-electron chi connectivity index (χ3n) is 4.32. The molecule has 2 nitrogen and oxygen atoms in total. The average molecular weight is 206 g/mol. The highest BCUT2D eigenvalue weighted by Crippen LogP contribution is 2.62. The van der Waals surface area contributed by atoms with Gasteiger partial charge in [-0.2, -0.15) is 0 Å². The Labute approximate surface area is 92.3 Å². The third kappa shape index (κ3) is 1.80. The second-order valence-electron chi connectivity index (χ2n) is 5.59. The van der Waals surface area contributed by atoms with Gasteiger partial charge in [0.05, 0.1) is 0 Å². The lowest BCUT2D eigenvalue weighted by atomic mass is 10.0. The highest BCUT2D eigenvalue weighted by molar-refractivity contribution is 5.26. The van der Waals surface area contributed by atoms with E-state index in [2.05, 4.69) is 12.2 Å². The van der Waals surface area contributed by atoms with E-state index in [4.69, 9.17) is 5.73 Å². The molecule has 0 spiro atoms. The summed E-state index contributed by atoms with van der Waals surface area (Å²) in [5.41, 5.74) is 9.10. The molecule has 3 rings (SSSR count). The quantitative estimate of drug-likeness (QED) is 0.742. The van der Waals surface area contributed by atoms with E-state index >= 15 is 0 Å². The monoisotopic (exact) mass is 206 g/mol. The number of fused-ring (bicyclic) bond motifs is 1. The second-order valence-corrected chi connectivity index (χ2v) is 5.59. The molecule has 3 N–H and O–H groups in total. The third-order valence-corrected chi connectivity index (χ3v) is 4.32. The SMILES string of the molecule is CC(N)C1=C(NC2C3C[C@@H]32)CCCCC1. The largest absolute Gasteiger partial charge is 0.385 e. The Bertz CT molecular complexity index is 285. The van der Waals surface area contributed by atoms with Crippen molar-refractivity contribution >= 4 is 0 Å². The Balaban J connectivity index is 1.71. The Morgan fingerprint density at radius 2 is 1.93 bits per heavy atom. The predicted octanol–water partition coefficient (Wildman–Crippen LogP) is 2.16. The maximum atomic E-state index is 6.07. The molecule has 3 aliphatic carbocycles. The van der Waals surface area contributed by atoms with Gasteiger partial charge in [0.25, 0.3) is 0 Å². The van der Waals surface area contributed by atoms with Gasteiger partial charge < -0.3 is 11.1 Å². The number of nitrogens with two attached hydrogens (primary N) is 1. The summed E-state index contributed by atoms with van der Waals surface area (Å²) >= 11 is 0. The van der Waals surface area contributed by atoms with E-state index in [-0.39, 0.29) is 6.04 Å². The van der Waals surface area contributed by atoms with Crippen molar-refractivity contribution in [2.75, 3.05) is 0 Å². The number of rotatable bonds is 3. The molecule has 0 radical (unpaired) electrons. The summed E-state index contributed by atoms with van der Waals surface area (Å²) in [5, 5.41) is 3.76. The van der Waals surface area contributed by atoms with E-state index in [0.29, 0.717) is 0 Å². The van der Waals surface area contributed by atoms with Crippen LogP contribution < -0.4 is 11.1 Å². The molecule has 2 saturated carbocycles. The lowest BCUT2D eigenvalue weighted by molar-refractivity contribution is 0.599. The van der Waals surface area contributed by atoms with E-state index < -0.39 is 0 Å². The van der Waals surface area contributed by atoms with Crippen LogP contribution >= 0.6 is 0 Å². The Morgan fingerprint density at radius 3 is 2.53 bits per heavy atom. The van der Waals surface area contributed by atoms with Crippen molar-refractivity contribution in [3.05, 3.63) is 11.3 Å². The Kier molecular flexibility index (Phi) is 2.27. The highest BCUT2D eigenvalue weighted by atomic mass is 15.1. The van der Waals surface area contributed by atoms with Crippen LogP contribution in [0.15, 0.2) is 11.3 Å². The smallest absolute Gasteiger partial charge is 0.0321 e. The summed E-state index contributed by atoms with van der Waals surface area (Å²) in [7, 11) is 0. The van der Waals surface area contributed by atoms with Crippen LogP contribution in [0, 0.1) is 11.8 Å². The zero-order chi connectivity index (χ0) is 10.4. The molecule has 2 heteroatoms. The van der Waals surface area contributed by atoms with Crippen molar-refractivity contribution in [3.8, 4) is 0 Å². The van der Waals surface area contributed by atoms with Gasteiger partial charge in [0, 0.05) is 17.8 Å². The summed E-state index contributed by atoms with van der Waals surface area (Å²) in [6, 6.07) is 1.09. The van der Waals surface area contributed by atoms with E-state index in [1.165, 1.54) is 49.8 Å². The van der Waals surface area contributed by atoms with E-state index in [1.807, 2.05) is 0 Å². The fourth-order valence-corrected chi connectivity index (χ4v) is 2.97. The first-order chi connectivity index (χ1) is 7.27. The maximum Gasteiger partial charge on any atom is 0.0321 e. The molecule has 0 saturated heterocycles. The second kappa shape index (κ2) is 3.51. The lowest BCUT2D eigenvalue weighted by Crippen LogP contribution is -2.28. The fourth-order valence-electron chi connectivity index (χ4n) is 2.97. The van der Waals surface area contributed by atoms with Crippen molar-refractivity contribution in [1.82, 2.24) is 5.32 Å². The molecule has 0 amide bonds. The topological polar surface area (TPSA) is 38.0 Å². The molecular weight excluding hydrogens is 184 g/mol. The van der Waals surface area contributed by atoms with Gasteiger partial charge in [-0.25, -0.2) is 0 Å². The van der Waals surface area contributed by atoms with Gasteiger partial charge in [0.1, 0.15) is 0 Å². The summed E-state index contributed by atoms with van der Waals surface area (Å²) in [6.45, 7) is 2.13. The fraction of sp³-hybridized carbons (Fsp3) is 0.846. The van der Waals surface area contributed by atoms with Crippen LogP contribution in [-0.2, 0) is 0 Å². The first kappa shape index (κ1) is 9.71. The van der Waals surface area contributed by atoms with Crippen LogP contribution in [-0.4, -0.2) is 12.1 Å². The first-order valence-electron chi connectivity index (χ1n) is 6.51. The molecular formula is C13H22N2. The lowest BCUT2D eigenvalue weighted by Gasteiger charge is -2.19. The highest BCUT2D eigenvalue weighted by Gasteiger charge is 2.64. The van der Waals surface area contributed by atoms with Crippen molar-refractivity contribution in [1.29, 1.82) is 0 Å². The molecule has 0 aromatic heterocycles. The van der Waals surface area contributed by atoms with Crippen molar-refractivity contribution in [3.63, 3.8) is 0 Å². The van der Waals surface area contributed by atoms with Crippen LogP contribution in [0.1, 0.15) is 45.4 Å². The van der Waals surface area contributed by atoms with Gasteiger partial charge in [0.2, 0.25) is 0 Å². The van der Waals surface area contributed by atoms with Gasteiger partial charge in [-0.3, -0.25) is 0 Å². The van der Waals surface area contributed by atoms with Crippen molar-refractivity contribution in [2.24, 2.45) is 17.6 Å². The summed E-state index contributed by atoms with van der Waals surface area (Å²) in [4.78, 5) is 0. The minimum atomic E-state index is 0.251. The molecule has 0 bridgehead atoms. The normalized spacial score (nSPS) is 40.5. The summed E-state index contributed by atoms with van der Waals surface area (Å²) < 4.78 is 0. The zero-order valence-corrected chi connectivity index (χ0v) is 9.63. The molecule has 0 aromatic carbocycles. The predicted molar refractivity (Wildman–Crippen MR) is 62.3 cm³/mol. The average Bonchev–Trinajstić information content (AvgIpc) is 3.05. The van der Waals surface area contributed by atoms with Gasteiger partial charge in [0.15, 0.2) is 0 Å². The van der Waals surface area contributed by atoms with Gasteiger partial charge in [-0.1, -0.05) is 6.42 Å². The summed E-state index contributed by atoms with van der Waals surface area (Å²) in [5.74, 6) is 2.07. The van der Waals surface area contributed by atoms with E-state index in [1.54, 1.807) is 0 Å². The Morgan fingerprint density at radius 1 is 1.20 bits per heavy atom. The van der Waals surface area contributed by atoms with Crippen LogP contribution in [0.5, 0.6) is 0 Å². The first-order valence-corrected chi connectivity index (χ1v) is 6.51. The minimum absolute atomic E-state index is 0.251. The number of hydrogen-bond donors (Lipinski definition) is 2. The van der Waals surface area contributed by atoms with Gasteiger partial charge >= 0.3 is 0 Å². The number of allylic oxidation sites excluding steroid dienone is 1. The number of hydrogen-bond acceptors (Lipinski definition) is 2. The molecule has 0 heterocycles. The molecule has 0 aliphatic heterocycles. The van der Waals surface area contributed by atoms with Crippen LogP contribution in [0.4, 0.5) is 0 Å². The minimum Gasteiger partial charge on any atom is -0.385 e. The molecule has 4 atom stereocenters. The van der Waals surface area contributed by atoms with Gasteiger partial charge in [-0.15, -0.1) is 0 Å². The Hall–Kier alpha value is -0.500. The van der Waals surface area contributed by atoms with Crippen molar-refractivity contribution < 1.29 is 0 Å². The van der Waals surface area contributed by atoms with E-state index in [0.717, 1.165) is 17.9 Å². The maximum absolute atomic E-state index is 6.07. The van der Waals surface area contributed by atoms with E-state index in [9.17, 15) is 0 Å². The molecule has 2 fully saturated rings. The molecule has 0 aromatic rings. The summed E-state index contributed by atoms with van der Waals surface area (Å²) in [6.07, 6.45) is 8.01. The molecule has 3 unspecified atom stereocenters. The molecule has 15 heavy (non-hydrogen) atoms. The number of nitrogens with one attached hydrogen (secondary N) is 1. The van der Waals surface area contributed by atoms with Crippen LogP contribution in [0.3, 0.4) is 0 Å². The molecule has 3 aliphatic rings. The van der Waals surface area contributed by atoms with Crippen LogP contribution in [0.2, 0.25) is 0 Å². The van der Waals surface area contributed by atoms with Crippen molar-refractivity contribution in [2.45, 2.75) is 57.5 Å². The van der Waals surface area contributed by atoms with Gasteiger partial charge in [-0.05, 0) is 56.4 Å². The standard InChI is InChI=1S/C13H22N2/c1-8(14)9-5-3-2-4-6-12(9)15-13-10-7-11(10)13/h8,10-11,13,15H,2-7,14H2,1H3/t8?,10-,11?,13?/m0/s1.